The lowest BCUT2D eigenvalue weighted by atomic mass is 10.0. The second-order valence-corrected chi connectivity index (χ2v) is 15.6. The van der Waals surface area contributed by atoms with Crippen LogP contribution >= 0.6 is 0 Å². The first kappa shape index (κ1) is 48.5. The highest BCUT2D eigenvalue weighted by molar-refractivity contribution is 5.81. The summed E-state index contributed by atoms with van der Waals surface area (Å²) >= 11 is 0. The Balaban J connectivity index is 1.37. The average molecular weight is 957 g/mol. The fraction of sp³-hybridized carbons (Fsp3) is 0.217. The van der Waals surface area contributed by atoms with Crippen LogP contribution in [-0.2, 0) is 41.6 Å². The first-order valence-corrected chi connectivity index (χ1v) is 21.3. The molecule has 6 aromatic rings. The average Bonchev–Trinajstić information content (AvgIpc) is 3.31. The topological polar surface area (TPSA) is 338 Å². The molecule has 0 unspecified atom stereocenters. The number of carboxylic acids is 6. The maximum absolute atomic E-state index is 12.3. The van der Waals surface area contributed by atoms with Gasteiger partial charge >= 0.3 is 35.8 Å². The number of hydrogen-bond acceptors (Lipinski definition) is 18. The van der Waals surface area contributed by atoms with E-state index in [9.17, 15) is 59.4 Å². The summed E-state index contributed by atoms with van der Waals surface area (Å²) in [4.78, 5) is 104. The molecule has 70 heavy (non-hydrogen) atoms. The first-order chi connectivity index (χ1) is 33.6. The lowest BCUT2D eigenvalue weighted by Gasteiger charge is -2.26. The molecule has 360 valence electrons. The Bertz CT molecular complexity index is 2530. The largest absolute Gasteiger partial charge is 0.481 e. The lowest BCUT2D eigenvalue weighted by molar-refractivity contribution is -0.137. The molecule has 0 fully saturated rings. The SMILES string of the molecule is O=C(O)CCNc1nc2nc(n1)N(CC(=O)O)c1ccc(cc1)Cc1ccc(cc1)N(CC(=O)O)c1nc(NCCC(=O)O)nc(n1)N(CC(=O)O)c1ccc(cc1)Cc1ccc(cc1)N2CC(=O)O. The molecule has 0 atom stereocenters. The van der Waals surface area contributed by atoms with Crippen LogP contribution < -0.4 is 30.2 Å². The molecule has 2 aromatic heterocycles. The normalized spacial score (nSPS) is 12.3. The van der Waals surface area contributed by atoms with Crippen molar-refractivity contribution in [3.63, 3.8) is 0 Å². The van der Waals surface area contributed by atoms with Crippen molar-refractivity contribution in [3.8, 4) is 0 Å². The van der Waals surface area contributed by atoms with Crippen LogP contribution in [0.15, 0.2) is 97.1 Å². The molecular formula is C46H44N12O12. The zero-order valence-corrected chi connectivity index (χ0v) is 36.9. The summed E-state index contributed by atoms with van der Waals surface area (Å²) in [6.45, 7) is -2.80. The van der Waals surface area contributed by atoms with E-state index in [2.05, 4.69) is 40.5 Å². The number of carboxylic acid groups (broad SMARTS) is 6. The van der Waals surface area contributed by atoms with E-state index in [0.29, 0.717) is 35.6 Å². The van der Waals surface area contributed by atoms with Crippen LogP contribution in [0.2, 0.25) is 0 Å². The van der Waals surface area contributed by atoms with Crippen LogP contribution in [0.5, 0.6) is 0 Å². The van der Waals surface area contributed by atoms with E-state index in [-0.39, 0.29) is 61.6 Å². The number of aliphatic carboxylic acids is 6. The number of benzene rings is 4. The Morgan fingerprint density at radius 2 is 0.586 bits per heavy atom. The van der Waals surface area contributed by atoms with Crippen molar-refractivity contribution in [2.24, 2.45) is 0 Å². The van der Waals surface area contributed by atoms with Crippen LogP contribution in [0.1, 0.15) is 35.1 Å². The molecule has 0 saturated carbocycles. The zero-order chi connectivity index (χ0) is 49.9. The minimum atomic E-state index is -1.25. The maximum atomic E-state index is 12.3. The highest BCUT2D eigenvalue weighted by atomic mass is 16.4. The van der Waals surface area contributed by atoms with Crippen molar-refractivity contribution < 1.29 is 59.4 Å². The number of anilines is 10. The van der Waals surface area contributed by atoms with Gasteiger partial charge in [-0.2, -0.15) is 29.9 Å². The number of aromatic nitrogens is 6. The molecule has 0 saturated heterocycles. The lowest BCUT2D eigenvalue weighted by Crippen LogP contribution is -2.30. The van der Waals surface area contributed by atoms with E-state index >= 15 is 0 Å². The molecule has 7 aliphatic rings. The Morgan fingerprint density at radius 1 is 0.357 bits per heavy atom. The second-order valence-electron chi connectivity index (χ2n) is 15.6. The number of carbonyl (C=O) groups is 6. The van der Waals surface area contributed by atoms with Gasteiger partial charge in [0.05, 0.1) is 12.8 Å². The fourth-order valence-electron chi connectivity index (χ4n) is 7.21. The van der Waals surface area contributed by atoms with Crippen LogP contribution in [0, 0.1) is 0 Å². The zero-order valence-electron chi connectivity index (χ0n) is 36.9. The number of nitrogens with zero attached hydrogens (tertiary/aromatic N) is 10. The van der Waals surface area contributed by atoms with E-state index in [0.717, 1.165) is 22.3 Å². The van der Waals surface area contributed by atoms with Crippen LogP contribution in [0.4, 0.5) is 58.4 Å². The minimum Gasteiger partial charge on any atom is -0.481 e. The Kier molecular flexibility index (Phi) is 15.1. The number of nitrogens with one attached hydrogen (secondary N) is 2. The van der Waals surface area contributed by atoms with Crippen molar-refractivity contribution in [1.29, 1.82) is 0 Å². The van der Waals surface area contributed by atoms with E-state index in [1.165, 1.54) is 19.6 Å². The van der Waals surface area contributed by atoms with Gasteiger partial charge in [-0.1, -0.05) is 48.5 Å². The molecular weight excluding hydrogens is 913 g/mol. The minimum absolute atomic E-state index is 0.122. The van der Waals surface area contributed by atoms with Crippen molar-refractivity contribution in [2.45, 2.75) is 25.7 Å². The number of rotatable bonds is 16. The molecule has 9 heterocycles. The van der Waals surface area contributed by atoms with Gasteiger partial charge in [-0.15, -0.1) is 0 Å². The van der Waals surface area contributed by atoms with Gasteiger partial charge in [-0.05, 0) is 83.6 Å². The number of hydrogen-bond donors (Lipinski definition) is 8. The van der Waals surface area contributed by atoms with Crippen molar-refractivity contribution in [2.75, 3.05) is 69.5 Å². The van der Waals surface area contributed by atoms with Crippen LogP contribution in [0.3, 0.4) is 0 Å². The molecule has 13 rings (SSSR count). The van der Waals surface area contributed by atoms with Gasteiger partial charge in [0.2, 0.25) is 35.7 Å². The highest BCUT2D eigenvalue weighted by Crippen LogP contribution is 2.32. The molecule has 4 aromatic carbocycles. The van der Waals surface area contributed by atoms with Gasteiger partial charge in [0.15, 0.2) is 0 Å². The van der Waals surface area contributed by atoms with E-state index < -0.39 is 62.0 Å². The van der Waals surface area contributed by atoms with Crippen LogP contribution in [0.25, 0.3) is 0 Å². The van der Waals surface area contributed by atoms with Gasteiger partial charge in [0.25, 0.3) is 0 Å². The summed E-state index contributed by atoms with van der Waals surface area (Å²) in [5.41, 5.74) is 4.45. The molecule has 12 bridgehead atoms. The third-order valence-electron chi connectivity index (χ3n) is 10.4. The van der Waals surface area contributed by atoms with Crippen LogP contribution in [-0.4, -0.2) is 136 Å². The molecule has 24 nitrogen and oxygen atoms in total. The summed E-state index contributed by atoms with van der Waals surface area (Å²) < 4.78 is 0. The van der Waals surface area contributed by atoms with Gasteiger partial charge < -0.3 is 41.3 Å². The van der Waals surface area contributed by atoms with Crippen molar-refractivity contribution >= 4 is 94.3 Å². The monoisotopic (exact) mass is 956 g/mol. The Labute approximate surface area is 397 Å². The molecule has 0 aliphatic carbocycles. The van der Waals surface area contributed by atoms with Gasteiger partial charge in [-0.25, -0.2) is 0 Å². The Morgan fingerprint density at radius 3 is 0.786 bits per heavy atom. The summed E-state index contributed by atoms with van der Waals surface area (Å²) in [5.74, 6) is -8.23. The quantitative estimate of drug-likeness (QED) is 0.0673. The molecule has 0 radical (unpaired) electrons. The smallest absolute Gasteiger partial charge is 0.323 e. The second kappa shape index (κ2) is 21.9. The van der Waals surface area contributed by atoms with Gasteiger partial charge in [0.1, 0.15) is 26.2 Å². The third kappa shape index (κ3) is 12.9. The Hall–Kier alpha value is -9.48. The third-order valence-corrected chi connectivity index (χ3v) is 10.4. The standard InChI is InChI=1S/C46H44N12O12/c59-35(60)17-19-47-41-49-43-53-44(50-41)57(25-39(67)68)33-13-5-29(6-14-33)22-30-7-15-34(16-8-30)58(26-40(69)70)46-52-42(48-20-18-36(61)62)51-45(54-46)56(24-38(65)66)32-11-3-28(4-12-32)21-27-1-9-31(10-2-27)55(43)23-37(63)64/h1-16H,17-26H2,(H,59,60)(H,61,62)(H,63,64)(H,65,66)(H,67,68)(H,69,70)(H,47,49,50,53)(H,48,51,52,54). The van der Waals surface area contributed by atoms with Crippen molar-refractivity contribution in [3.05, 3.63) is 119 Å². The molecule has 24 heteroatoms. The van der Waals surface area contributed by atoms with Gasteiger partial charge in [-0.3, -0.25) is 48.4 Å². The summed E-state index contributed by atoms with van der Waals surface area (Å²) in [6.07, 6.45) is 0.0640. The summed E-state index contributed by atoms with van der Waals surface area (Å²) in [5, 5.41) is 64.5. The molecule has 0 spiro atoms. The summed E-state index contributed by atoms with van der Waals surface area (Å²) in [7, 11) is 0. The van der Waals surface area contributed by atoms with E-state index in [1.54, 1.807) is 97.1 Å². The van der Waals surface area contributed by atoms with E-state index in [1.807, 2.05) is 0 Å². The molecule has 8 N–H and O–H groups in total. The predicted molar refractivity (Wildman–Crippen MR) is 251 cm³/mol. The first-order valence-electron chi connectivity index (χ1n) is 21.3. The molecule has 7 aliphatic heterocycles. The highest BCUT2D eigenvalue weighted by Gasteiger charge is 2.26. The predicted octanol–water partition coefficient (Wildman–Crippen LogP) is 4.22. The van der Waals surface area contributed by atoms with E-state index in [4.69, 9.17) is 0 Å². The molecule has 0 amide bonds. The summed E-state index contributed by atoms with van der Waals surface area (Å²) in [6, 6.07) is 27.1. The maximum Gasteiger partial charge on any atom is 0.323 e. The van der Waals surface area contributed by atoms with Crippen molar-refractivity contribution in [1.82, 2.24) is 29.9 Å². The fourth-order valence-corrected chi connectivity index (χ4v) is 7.21. The van der Waals surface area contributed by atoms with Gasteiger partial charge in [0, 0.05) is 35.8 Å².